The van der Waals surface area contributed by atoms with Crippen molar-refractivity contribution in [3.63, 3.8) is 0 Å². The molecule has 4 aromatic heterocycles. The summed E-state index contributed by atoms with van der Waals surface area (Å²) < 4.78 is 5.30. The molecule has 0 fully saturated rings. The number of aryl methyl sites for hydroxylation is 3. The van der Waals surface area contributed by atoms with Gasteiger partial charge in [-0.05, 0) is 85.8 Å². The molecule has 0 saturated carbocycles. The zero-order chi connectivity index (χ0) is 64.8. The highest BCUT2D eigenvalue weighted by Gasteiger charge is 2.23. The molecular weight excluding hydrogens is 1140 g/mol. The van der Waals surface area contributed by atoms with E-state index >= 15 is 0 Å². The van der Waals surface area contributed by atoms with Crippen molar-refractivity contribution < 1.29 is 33.3 Å². The van der Waals surface area contributed by atoms with Crippen molar-refractivity contribution in [1.29, 1.82) is 0 Å². The van der Waals surface area contributed by atoms with E-state index in [1.54, 1.807) is 95.9 Å². The monoisotopic (exact) mass is 1210 g/mol. The molecule has 4 aromatic carbocycles. The second-order valence-corrected chi connectivity index (χ2v) is 20.7. The highest BCUT2D eigenvalue weighted by Crippen LogP contribution is 2.26. The molecule has 8 rings (SSSR count). The van der Waals surface area contributed by atoms with E-state index in [2.05, 4.69) is 105 Å². The van der Waals surface area contributed by atoms with Crippen molar-refractivity contribution >= 4 is 94.4 Å². The van der Waals surface area contributed by atoms with Crippen molar-refractivity contribution in [2.45, 2.75) is 73.3 Å². The summed E-state index contributed by atoms with van der Waals surface area (Å²) in [5, 5.41) is 29.1. The van der Waals surface area contributed by atoms with Crippen LogP contribution in [0.5, 0.6) is 0 Å². The number of nitrogens with zero attached hydrogens (tertiary/aromatic N) is 13. The van der Waals surface area contributed by atoms with Gasteiger partial charge in [0.1, 0.15) is 24.7 Å². The van der Waals surface area contributed by atoms with Crippen LogP contribution in [0.4, 0.5) is 73.0 Å². The molecule has 0 unspecified atom stereocenters. The minimum Gasteiger partial charge on any atom is -0.359 e. The Kier molecular flexibility index (Phi) is 23.9. The highest BCUT2D eigenvalue weighted by molar-refractivity contribution is 6.07. The van der Waals surface area contributed by atoms with Crippen LogP contribution in [0.15, 0.2) is 115 Å². The maximum absolute atomic E-state index is 12.7. The summed E-state index contributed by atoms with van der Waals surface area (Å²) in [5.41, 5.74) is 6.09. The molecule has 9 N–H and O–H groups in total. The van der Waals surface area contributed by atoms with Crippen LogP contribution in [-0.2, 0) is 12.0 Å². The first kappa shape index (κ1) is 66.9. The van der Waals surface area contributed by atoms with Crippen LogP contribution in [0.3, 0.4) is 0 Å². The number of anilines is 10. The summed E-state index contributed by atoms with van der Waals surface area (Å²) >= 11 is 0. The van der Waals surface area contributed by atoms with Crippen molar-refractivity contribution in [1.82, 2.24) is 60.6 Å². The Morgan fingerprint density at radius 2 is 0.888 bits per heavy atom. The molecule has 29 heteroatoms. The Morgan fingerprint density at radius 1 is 0.494 bits per heavy atom. The molecule has 0 spiro atoms. The standard InChI is InChI=1S/C21H26N8O3.C21H23N7O2.C18H25N7O2/c1-12-7-8-13(17(30)26-16-10-15(32-28-16)21(2,3)4)9-14(12)25-20(31)29(6)19-24-11-23-18(22-5)27-19;1-14-9-10-16(18(29)23-12-15-7-5-4-6-8-15)11-17(14)26-21(30)28(3)20-25-13-24-19(22-2)27-20;1-5-6-9-20-15(26)13-8-7-12(2)14(10-13)23-18(27)25(4)17-22-11-21-16(19-3)24-17/h7-11H,1-6H3,(H,25,31)(H,26,28,30)(H,22,23,24,27);4-11,13H,12H2,1-3H3,(H,23,29)(H,26,30)(H,22,24,25,27);7-8,10-11H,5-6,9H2,1-4H3,(H,20,26)(H,23,27)(H,19,21,22,24). The Balaban J connectivity index is 0.000000214. The van der Waals surface area contributed by atoms with E-state index in [1.165, 1.54) is 40.7 Å². The number of aromatic nitrogens is 10. The third-order valence-electron chi connectivity index (χ3n) is 13.0. The number of benzene rings is 4. The molecule has 0 saturated heterocycles. The molecule has 29 nitrogen and oxygen atoms in total. The lowest BCUT2D eigenvalue weighted by Crippen LogP contribution is -2.33. The molecule has 0 atom stereocenters. The molecule has 466 valence electrons. The fourth-order valence-electron chi connectivity index (χ4n) is 7.51. The quantitative estimate of drug-likeness (QED) is 0.0363. The largest absolute Gasteiger partial charge is 0.359 e. The van der Waals surface area contributed by atoms with E-state index in [-0.39, 0.29) is 41.0 Å². The number of urea groups is 3. The van der Waals surface area contributed by atoms with Gasteiger partial charge in [-0.2, -0.15) is 15.0 Å². The molecular formula is C60H74N22O7. The predicted octanol–water partition coefficient (Wildman–Crippen LogP) is 8.67. The molecule has 8 aromatic rings. The Hall–Kier alpha value is -11.3. The van der Waals surface area contributed by atoms with Crippen LogP contribution in [0, 0.1) is 20.8 Å². The molecule has 89 heavy (non-hydrogen) atoms. The third-order valence-corrected chi connectivity index (χ3v) is 13.0. The van der Waals surface area contributed by atoms with Crippen LogP contribution in [0.1, 0.15) is 99.6 Å². The van der Waals surface area contributed by atoms with Gasteiger partial charge in [-0.1, -0.05) is 87.8 Å². The summed E-state index contributed by atoms with van der Waals surface area (Å²) in [6.07, 6.45) is 5.88. The van der Waals surface area contributed by atoms with E-state index in [0.717, 1.165) is 35.1 Å². The summed E-state index contributed by atoms with van der Waals surface area (Å²) in [4.78, 5) is 115. The fraction of sp³-hybridized carbons (Fsp3) is 0.300. The van der Waals surface area contributed by atoms with E-state index < -0.39 is 18.1 Å². The van der Waals surface area contributed by atoms with Crippen LogP contribution in [0.2, 0.25) is 0 Å². The number of hydrogen-bond acceptors (Lipinski definition) is 20. The van der Waals surface area contributed by atoms with Crippen molar-refractivity contribution in [2.24, 2.45) is 0 Å². The van der Waals surface area contributed by atoms with Crippen molar-refractivity contribution in [2.75, 3.05) is 101 Å². The topological polar surface area (TPSA) is 362 Å². The first-order valence-corrected chi connectivity index (χ1v) is 28.0. The second kappa shape index (κ2) is 31.8. The Labute approximate surface area is 515 Å². The lowest BCUT2D eigenvalue weighted by molar-refractivity contribution is 0.0944. The molecule has 9 amide bonds. The Bertz CT molecular complexity index is 3750. The van der Waals surface area contributed by atoms with Crippen molar-refractivity contribution in [3.05, 3.63) is 155 Å². The van der Waals surface area contributed by atoms with Gasteiger partial charge in [0, 0.05) is 101 Å². The molecule has 0 aliphatic rings. The smallest absolute Gasteiger partial charge is 0.328 e. The van der Waals surface area contributed by atoms with Gasteiger partial charge in [0.15, 0.2) is 5.82 Å². The first-order chi connectivity index (χ1) is 42.5. The first-order valence-electron chi connectivity index (χ1n) is 28.0. The highest BCUT2D eigenvalue weighted by atomic mass is 16.5. The summed E-state index contributed by atoms with van der Waals surface area (Å²) in [7, 11) is 9.67. The van der Waals surface area contributed by atoms with Gasteiger partial charge in [0.2, 0.25) is 35.7 Å². The lowest BCUT2D eigenvalue weighted by Gasteiger charge is -2.17. The summed E-state index contributed by atoms with van der Waals surface area (Å²) in [6, 6.07) is 25.4. The number of carbonyl (C=O) groups excluding carboxylic acids is 6. The van der Waals surface area contributed by atoms with Crippen LogP contribution in [0.25, 0.3) is 0 Å². The summed E-state index contributed by atoms with van der Waals surface area (Å²) in [5.74, 6) is 1.85. The molecule has 0 aliphatic heterocycles. The molecule has 0 aliphatic carbocycles. The average molecular weight is 1220 g/mol. The van der Waals surface area contributed by atoms with Gasteiger partial charge in [0.25, 0.3) is 17.7 Å². The minimum atomic E-state index is -0.467. The molecule has 0 radical (unpaired) electrons. The van der Waals surface area contributed by atoms with Gasteiger partial charge < -0.3 is 52.4 Å². The fourth-order valence-corrected chi connectivity index (χ4v) is 7.51. The number of carbonyl (C=O) groups is 6. The predicted molar refractivity (Wildman–Crippen MR) is 342 cm³/mol. The van der Waals surface area contributed by atoms with E-state index in [4.69, 9.17) is 4.52 Å². The maximum atomic E-state index is 12.7. The normalized spacial score (nSPS) is 10.5. The molecule has 4 heterocycles. The van der Waals surface area contributed by atoms with Gasteiger partial charge in [0.05, 0.1) is 0 Å². The zero-order valence-corrected chi connectivity index (χ0v) is 51.9. The van der Waals surface area contributed by atoms with Crippen LogP contribution in [-0.4, -0.2) is 135 Å². The minimum absolute atomic E-state index is 0.163. The average Bonchev–Trinajstić information content (AvgIpc) is 2.74. The van der Waals surface area contributed by atoms with Gasteiger partial charge in [-0.25, -0.2) is 44.3 Å². The van der Waals surface area contributed by atoms with Gasteiger partial charge in [-0.15, -0.1) is 0 Å². The maximum Gasteiger partial charge on any atom is 0.328 e. The van der Waals surface area contributed by atoms with E-state index in [0.29, 0.717) is 76.3 Å². The summed E-state index contributed by atoms with van der Waals surface area (Å²) in [6.45, 7) is 14.6. The molecule has 0 bridgehead atoms. The van der Waals surface area contributed by atoms with Gasteiger partial charge in [-0.3, -0.25) is 29.1 Å². The number of nitrogens with one attached hydrogen (secondary N) is 9. The van der Waals surface area contributed by atoms with Crippen LogP contribution < -0.4 is 62.6 Å². The SMILES string of the molecule is CCCCNC(=O)c1ccc(C)c(NC(=O)N(C)c2ncnc(NC)n2)c1.CNc1ncnc(N(C)C(=O)Nc2cc(C(=O)NCc3ccccc3)ccc2C)n1.CNc1ncnc(N(C)C(=O)Nc2cc(C(=O)Nc3cc(C(C)(C)C)on3)ccc2C)n1. The van der Waals surface area contributed by atoms with Gasteiger partial charge >= 0.3 is 18.1 Å². The Morgan fingerprint density at radius 3 is 1.26 bits per heavy atom. The lowest BCUT2D eigenvalue weighted by atomic mass is 9.93. The van der Waals surface area contributed by atoms with Crippen LogP contribution >= 0.6 is 0 Å². The van der Waals surface area contributed by atoms with Crippen molar-refractivity contribution in [3.8, 4) is 0 Å². The number of hydrogen-bond donors (Lipinski definition) is 9. The third kappa shape index (κ3) is 19.4. The number of unbranched alkanes of at least 4 members (excludes halogenated alkanes) is 1. The zero-order valence-electron chi connectivity index (χ0n) is 51.9. The second-order valence-electron chi connectivity index (χ2n) is 20.7. The van der Waals surface area contributed by atoms with E-state index in [1.807, 2.05) is 71.9 Å². The number of amides is 9. The van der Waals surface area contributed by atoms with E-state index in [9.17, 15) is 28.8 Å². The number of rotatable bonds is 18.